The van der Waals surface area contributed by atoms with Crippen LogP contribution in [0, 0.1) is 12.8 Å². The Morgan fingerprint density at radius 3 is 2.83 bits per heavy atom. The number of nitrogens with one attached hydrogen (secondary N) is 1. The molecule has 1 aliphatic carbocycles. The summed E-state index contributed by atoms with van der Waals surface area (Å²) in [5.41, 5.74) is 0. The number of rotatable bonds is 4. The molecule has 1 aromatic heterocycles. The number of halogens is 1. The number of hydrogen-bond donors (Lipinski definition) is 2. The molecule has 23 heavy (non-hydrogen) atoms. The number of anilines is 1. The van der Waals surface area contributed by atoms with Crippen molar-refractivity contribution in [3.8, 4) is 0 Å². The molecule has 1 amide bonds. The molecule has 1 aliphatic heterocycles. The van der Waals surface area contributed by atoms with Crippen molar-refractivity contribution in [2.75, 3.05) is 11.9 Å². The molecule has 8 heteroatoms. The van der Waals surface area contributed by atoms with Crippen molar-refractivity contribution in [2.24, 2.45) is 5.92 Å². The van der Waals surface area contributed by atoms with E-state index in [4.69, 9.17) is 4.52 Å². The van der Waals surface area contributed by atoms with Gasteiger partial charge < -0.3 is 14.9 Å². The number of carboxylic acids is 1. The molecule has 7 nitrogen and oxygen atoms in total. The summed E-state index contributed by atoms with van der Waals surface area (Å²) in [7, 11) is 0. The fraction of sp³-hybridized carbons (Fsp3) is 0.667. The van der Waals surface area contributed by atoms with Gasteiger partial charge in [0.25, 0.3) is 0 Å². The van der Waals surface area contributed by atoms with Gasteiger partial charge in [-0.05, 0) is 32.1 Å². The smallest absolute Gasteiger partial charge is 0.320 e. The van der Waals surface area contributed by atoms with Gasteiger partial charge >= 0.3 is 5.97 Å². The SMILES string of the molecule is Cc1cc(NC(=O)CN2C(C(=O)O)CC3CCCCC32)no1.Cl. The molecule has 2 N–H and O–H groups in total. The van der Waals surface area contributed by atoms with E-state index >= 15 is 0 Å². The van der Waals surface area contributed by atoms with Crippen LogP contribution in [0.4, 0.5) is 5.82 Å². The quantitative estimate of drug-likeness (QED) is 0.868. The molecule has 0 aromatic carbocycles. The number of aryl methyl sites for hydroxylation is 1. The maximum atomic E-state index is 12.2. The molecule has 1 saturated carbocycles. The lowest BCUT2D eigenvalue weighted by Gasteiger charge is -2.32. The van der Waals surface area contributed by atoms with Crippen LogP contribution >= 0.6 is 12.4 Å². The standard InChI is InChI=1S/C15H21N3O4.ClH/c1-9-6-13(17-22-9)16-14(19)8-18-11-5-3-2-4-10(11)7-12(18)15(20)21;/h6,10-12H,2-5,7-8H2,1H3,(H,20,21)(H,16,17,19);1H. The highest BCUT2D eigenvalue weighted by Gasteiger charge is 2.45. The van der Waals surface area contributed by atoms with Gasteiger partial charge in [-0.15, -0.1) is 12.4 Å². The minimum atomic E-state index is -0.834. The second-order valence-corrected chi connectivity index (χ2v) is 6.24. The van der Waals surface area contributed by atoms with E-state index in [9.17, 15) is 14.7 Å². The zero-order chi connectivity index (χ0) is 15.7. The predicted molar refractivity (Wildman–Crippen MR) is 85.6 cm³/mol. The fourth-order valence-electron chi connectivity index (χ4n) is 3.80. The van der Waals surface area contributed by atoms with Crippen molar-refractivity contribution in [3.05, 3.63) is 11.8 Å². The van der Waals surface area contributed by atoms with Gasteiger partial charge in [-0.2, -0.15) is 0 Å². The van der Waals surface area contributed by atoms with E-state index in [1.165, 1.54) is 0 Å². The first-order valence-electron chi connectivity index (χ1n) is 7.76. The third-order valence-corrected chi connectivity index (χ3v) is 4.73. The number of amides is 1. The van der Waals surface area contributed by atoms with Gasteiger partial charge in [-0.1, -0.05) is 18.0 Å². The van der Waals surface area contributed by atoms with Crippen molar-refractivity contribution < 1.29 is 19.2 Å². The maximum Gasteiger partial charge on any atom is 0.320 e. The second-order valence-electron chi connectivity index (χ2n) is 6.24. The van der Waals surface area contributed by atoms with E-state index in [-0.39, 0.29) is 30.9 Å². The molecule has 0 radical (unpaired) electrons. The molecule has 3 atom stereocenters. The number of carbonyl (C=O) groups is 2. The van der Waals surface area contributed by atoms with Gasteiger partial charge in [0.15, 0.2) is 5.82 Å². The molecule has 2 heterocycles. The van der Waals surface area contributed by atoms with Crippen LogP contribution in [0.15, 0.2) is 10.6 Å². The summed E-state index contributed by atoms with van der Waals surface area (Å²) < 4.78 is 4.91. The van der Waals surface area contributed by atoms with E-state index in [0.717, 1.165) is 25.7 Å². The number of aliphatic carboxylic acids is 1. The average molecular weight is 344 g/mol. The summed E-state index contributed by atoms with van der Waals surface area (Å²) in [5.74, 6) is 0.309. The van der Waals surface area contributed by atoms with Crippen molar-refractivity contribution in [1.29, 1.82) is 0 Å². The van der Waals surface area contributed by atoms with Crippen LogP contribution in [-0.2, 0) is 9.59 Å². The highest BCUT2D eigenvalue weighted by atomic mass is 35.5. The van der Waals surface area contributed by atoms with Crippen molar-refractivity contribution >= 4 is 30.1 Å². The van der Waals surface area contributed by atoms with Gasteiger partial charge in [-0.3, -0.25) is 14.5 Å². The van der Waals surface area contributed by atoms with Crippen molar-refractivity contribution in [2.45, 2.75) is 51.1 Å². The number of nitrogens with zero attached hydrogens (tertiary/aromatic N) is 2. The van der Waals surface area contributed by atoms with Crippen molar-refractivity contribution in [3.63, 3.8) is 0 Å². The first-order chi connectivity index (χ1) is 10.5. The molecular weight excluding hydrogens is 322 g/mol. The Labute approximate surface area is 140 Å². The minimum Gasteiger partial charge on any atom is -0.480 e. The summed E-state index contributed by atoms with van der Waals surface area (Å²) in [4.78, 5) is 25.5. The van der Waals surface area contributed by atoms with Gasteiger partial charge in [-0.25, -0.2) is 0 Å². The Kier molecular flexibility index (Phi) is 5.64. The number of hydrogen-bond acceptors (Lipinski definition) is 5. The third-order valence-electron chi connectivity index (χ3n) is 4.73. The molecule has 3 rings (SSSR count). The number of fused-ring (bicyclic) bond motifs is 1. The van der Waals surface area contributed by atoms with Crippen LogP contribution in [0.3, 0.4) is 0 Å². The Morgan fingerprint density at radius 1 is 1.43 bits per heavy atom. The lowest BCUT2D eigenvalue weighted by molar-refractivity contribution is -0.143. The van der Waals surface area contributed by atoms with E-state index in [2.05, 4.69) is 10.5 Å². The zero-order valence-corrected chi connectivity index (χ0v) is 13.8. The molecular formula is C15H22ClN3O4. The Balaban J connectivity index is 0.00000192. The van der Waals surface area contributed by atoms with Crippen LogP contribution < -0.4 is 5.32 Å². The number of carbonyl (C=O) groups excluding carboxylic acids is 1. The number of aromatic nitrogens is 1. The van der Waals surface area contributed by atoms with E-state index < -0.39 is 12.0 Å². The van der Waals surface area contributed by atoms with Gasteiger partial charge in [0.2, 0.25) is 5.91 Å². The molecule has 0 bridgehead atoms. The van der Waals surface area contributed by atoms with Gasteiger partial charge in [0.05, 0.1) is 6.54 Å². The molecule has 128 valence electrons. The highest BCUT2D eigenvalue weighted by molar-refractivity contribution is 5.91. The minimum absolute atomic E-state index is 0. The average Bonchev–Trinajstić information content (AvgIpc) is 3.03. The largest absolute Gasteiger partial charge is 0.480 e. The van der Waals surface area contributed by atoms with Crippen LogP contribution in [0.1, 0.15) is 37.9 Å². The monoisotopic (exact) mass is 343 g/mol. The summed E-state index contributed by atoms with van der Waals surface area (Å²) in [6, 6.07) is 1.29. The zero-order valence-electron chi connectivity index (χ0n) is 13.0. The van der Waals surface area contributed by atoms with Crippen LogP contribution in [-0.4, -0.2) is 45.7 Å². The summed E-state index contributed by atoms with van der Waals surface area (Å²) in [6.45, 7) is 1.83. The Hall–Kier alpha value is -1.60. The topological polar surface area (TPSA) is 95.7 Å². The molecule has 1 saturated heterocycles. The summed E-state index contributed by atoms with van der Waals surface area (Å²) in [5, 5.41) is 15.8. The Morgan fingerprint density at radius 2 is 2.17 bits per heavy atom. The lowest BCUT2D eigenvalue weighted by Crippen LogP contribution is -2.46. The predicted octanol–water partition coefficient (Wildman–Crippen LogP) is 2.06. The van der Waals surface area contributed by atoms with E-state index in [1.807, 2.05) is 4.90 Å². The molecule has 2 fully saturated rings. The molecule has 2 aliphatic rings. The first-order valence-corrected chi connectivity index (χ1v) is 7.76. The summed E-state index contributed by atoms with van der Waals surface area (Å²) in [6.07, 6.45) is 4.95. The fourth-order valence-corrected chi connectivity index (χ4v) is 3.80. The lowest BCUT2D eigenvalue weighted by atomic mass is 9.85. The van der Waals surface area contributed by atoms with E-state index in [1.54, 1.807) is 13.0 Å². The number of likely N-dealkylation sites (tertiary alicyclic amines) is 1. The van der Waals surface area contributed by atoms with E-state index in [0.29, 0.717) is 23.9 Å². The van der Waals surface area contributed by atoms with Crippen molar-refractivity contribution in [1.82, 2.24) is 10.1 Å². The normalized spacial score (nSPS) is 27.1. The molecule has 3 unspecified atom stereocenters. The molecule has 0 spiro atoms. The number of carboxylic acid groups (broad SMARTS) is 1. The Bertz CT molecular complexity index is 577. The van der Waals surface area contributed by atoms with Crippen LogP contribution in [0.5, 0.6) is 0 Å². The maximum absolute atomic E-state index is 12.2. The highest BCUT2D eigenvalue weighted by Crippen LogP contribution is 2.39. The van der Waals surface area contributed by atoms with Crippen LogP contribution in [0.2, 0.25) is 0 Å². The first kappa shape index (κ1) is 17.7. The second kappa shape index (κ2) is 7.31. The third kappa shape index (κ3) is 3.84. The molecule has 1 aromatic rings. The van der Waals surface area contributed by atoms with Crippen LogP contribution in [0.25, 0.3) is 0 Å². The van der Waals surface area contributed by atoms with Gasteiger partial charge in [0, 0.05) is 12.1 Å². The summed E-state index contributed by atoms with van der Waals surface area (Å²) >= 11 is 0. The van der Waals surface area contributed by atoms with Gasteiger partial charge in [0.1, 0.15) is 11.8 Å².